The zero-order valence-corrected chi connectivity index (χ0v) is 12.9. The Hall–Kier alpha value is -1.44. The molecule has 0 aromatic carbocycles. The maximum absolute atomic E-state index is 12.0. The molecule has 116 valence electrons. The summed E-state index contributed by atoms with van der Waals surface area (Å²) < 4.78 is 10.7. The summed E-state index contributed by atoms with van der Waals surface area (Å²) in [6, 6.07) is 1.23. The Morgan fingerprint density at radius 2 is 2.43 bits per heavy atom. The standard InChI is InChI=1S/C13H19ClN4O3/c1-3-20-8-11-16-10(14)6-12(17-11)18-4-5-21-7-9(18)13(19)15-2/h6,9H,3-5,7-8H2,1-2H3,(H,15,19). The molecule has 1 N–H and O–H groups in total. The third-order valence-corrected chi connectivity index (χ3v) is 3.33. The number of anilines is 1. The van der Waals surface area contributed by atoms with Crippen molar-refractivity contribution in [2.75, 3.05) is 38.3 Å². The first-order chi connectivity index (χ1) is 10.2. The van der Waals surface area contributed by atoms with Gasteiger partial charge in [-0.3, -0.25) is 4.79 Å². The summed E-state index contributed by atoms with van der Waals surface area (Å²) in [5.41, 5.74) is 0. The van der Waals surface area contributed by atoms with Gasteiger partial charge in [0.25, 0.3) is 0 Å². The molecule has 1 aromatic rings. The maximum atomic E-state index is 12.0. The number of hydrogen-bond donors (Lipinski definition) is 1. The molecule has 8 heteroatoms. The number of halogens is 1. The van der Waals surface area contributed by atoms with Crippen molar-refractivity contribution in [1.29, 1.82) is 0 Å². The van der Waals surface area contributed by atoms with E-state index in [1.807, 2.05) is 11.8 Å². The highest BCUT2D eigenvalue weighted by Gasteiger charge is 2.30. The number of ether oxygens (including phenoxy) is 2. The van der Waals surface area contributed by atoms with Crippen molar-refractivity contribution in [2.24, 2.45) is 0 Å². The highest BCUT2D eigenvalue weighted by molar-refractivity contribution is 6.29. The van der Waals surface area contributed by atoms with Crippen LogP contribution in [0.4, 0.5) is 5.82 Å². The molecular weight excluding hydrogens is 296 g/mol. The van der Waals surface area contributed by atoms with Crippen molar-refractivity contribution in [3.8, 4) is 0 Å². The van der Waals surface area contributed by atoms with E-state index in [-0.39, 0.29) is 5.91 Å². The molecule has 1 aliphatic heterocycles. The van der Waals surface area contributed by atoms with Gasteiger partial charge in [0.15, 0.2) is 5.82 Å². The zero-order chi connectivity index (χ0) is 15.2. The summed E-state index contributed by atoms with van der Waals surface area (Å²) in [6.07, 6.45) is 0. The summed E-state index contributed by atoms with van der Waals surface area (Å²) in [5, 5.41) is 2.97. The Morgan fingerprint density at radius 1 is 1.62 bits per heavy atom. The fraction of sp³-hybridized carbons (Fsp3) is 0.615. The number of nitrogens with one attached hydrogen (secondary N) is 1. The average molecular weight is 315 g/mol. The summed E-state index contributed by atoms with van der Waals surface area (Å²) in [5.74, 6) is 0.999. The fourth-order valence-electron chi connectivity index (χ4n) is 2.12. The van der Waals surface area contributed by atoms with Gasteiger partial charge in [0.1, 0.15) is 23.6 Å². The zero-order valence-electron chi connectivity index (χ0n) is 12.1. The number of hydrogen-bond acceptors (Lipinski definition) is 6. The van der Waals surface area contributed by atoms with E-state index in [9.17, 15) is 4.79 Å². The number of rotatable bonds is 5. The Bertz CT molecular complexity index is 500. The van der Waals surface area contributed by atoms with Crippen LogP contribution in [0.1, 0.15) is 12.7 Å². The second-order valence-corrected chi connectivity index (χ2v) is 4.89. The van der Waals surface area contributed by atoms with Crippen LogP contribution in [0.3, 0.4) is 0 Å². The Morgan fingerprint density at radius 3 is 3.14 bits per heavy atom. The van der Waals surface area contributed by atoms with Crippen LogP contribution in [0.25, 0.3) is 0 Å². The Labute approximate surface area is 128 Å². The predicted octanol–water partition coefficient (Wildman–Crippen LogP) is 0.618. The summed E-state index contributed by atoms with van der Waals surface area (Å²) >= 11 is 6.04. The van der Waals surface area contributed by atoms with E-state index in [2.05, 4.69) is 15.3 Å². The molecule has 2 heterocycles. The van der Waals surface area contributed by atoms with Gasteiger partial charge in [-0.05, 0) is 6.92 Å². The van der Waals surface area contributed by atoms with E-state index in [1.54, 1.807) is 13.1 Å². The molecule has 0 saturated carbocycles. The van der Waals surface area contributed by atoms with Gasteiger partial charge in [-0.1, -0.05) is 11.6 Å². The minimum absolute atomic E-state index is 0.115. The molecule has 0 bridgehead atoms. The lowest BCUT2D eigenvalue weighted by Crippen LogP contribution is -2.53. The van der Waals surface area contributed by atoms with Gasteiger partial charge in [0.05, 0.1) is 13.2 Å². The minimum Gasteiger partial charge on any atom is -0.377 e. The molecular formula is C13H19ClN4O3. The highest BCUT2D eigenvalue weighted by Crippen LogP contribution is 2.21. The molecule has 0 radical (unpaired) electrons. The van der Waals surface area contributed by atoms with E-state index in [0.717, 1.165) is 0 Å². The number of nitrogens with zero attached hydrogens (tertiary/aromatic N) is 3. The van der Waals surface area contributed by atoms with Crippen molar-refractivity contribution < 1.29 is 14.3 Å². The van der Waals surface area contributed by atoms with Crippen LogP contribution >= 0.6 is 11.6 Å². The predicted molar refractivity (Wildman–Crippen MR) is 78.4 cm³/mol. The van der Waals surface area contributed by atoms with Crippen LogP contribution in [-0.4, -0.2) is 55.3 Å². The van der Waals surface area contributed by atoms with Crippen molar-refractivity contribution in [3.05, 3.63) is 17.0 Å². The Kier molecular flexibility index (Phi) is 5.72. The van der Waals surface area contributed by atoms with Crippen LogP contribution in [0.5, 0.6) is 0 Å². The monoisotopic (exact) mass is 314 g/mol. The van der Waals surface area contributed by atoms with Gasteiger partial charge in [0, 0.05) is 26.3 Å². The molecule has 1 aromatic heterocycles. The number of amides is 1. The summed E-state index contributed by atoms with van der Waals surface area (Å²) in [7, 11) is 1.60. The van der Waals surface area contributed by atoms with Gasteiger partial charge >= 0.3 is 0 Å². The molecule has 1 fully saturated rings. The van der Waals surface area contributed by atoms with E-state index < -0.39 is 6.04 Å². The SMILES string of the molecule is CCOCc1nc(Cl)cc(N2CCOCC2C(=O)NC)n1. The number of likely N-dealkylation sites (N-methyl/N-ethyl adjacent to an activating group) is 1. The molecule has 1 aliphatic rings. The van der Waals surface area contributed by atoms with Crippen molar-refractivity contribution >= 4 is 23.3 Å². The lowest BCUT2D eigenvalue weighted by molar-refractivity contribution is -0.124. The summed E-state index contributed by atoms with van der Waals surface area (Å²) in [4.78, 5) is 22.4. The summed E-state index contributed by atoms with van der Waals surface area (Å²) in [6.45, 7) is 4.19. The van der Waals surface area contributed by atoms with Crippen LogP contribution in [0.15, 0.2) is 6.07 Å². The molecule has 1 amide bonds. The van der Waals surface area contributed by atoms with Crippen molar-refractivity contribution in [3.63, 3.8) is 0 Å². The molecule has 0 aliphatic carbocycles. The van der Waals surface area contributed by atoms with Crippen LogP contribution < -0.4 is 10.2 Å². The molecule has 1 atom stereocenters. The molecule has 2 rings (SSSR count). The third kappa shape index (κ3) is 4.03. The van der Waals surface area contributed by atoms with E-state index in [0.29, 0.717) is 49.8 Å². The van der Waals surface area contributed by atoms with E-state index in [4.69, 9.17) is 21.1 Å². The number of aromatic nitrogens is 2. The van der Waals surface area contributed by atoms with E-state index in [1.165, 1.54) is 0 Å². The van der Waals surface area contributed by atoms with Gasteiger partial charge in [-0.25, -0.2) is 9.97 Å². The largest absolute Gasteiger partial charge is 0.377 e. The first-order valence-electron chi connectivity index (χ1n) is 6.83. The first-order valence-corrected chi connectivity index (χ1v) is 7.20. The van der Waals surface area contributed by atoms with Gasteiger partial charge in [0.2, 0.25) is 5.91 Å². The lowest BCUT2D eigenvalue weighted by Gasteiger charge is -2.35. The molecule has 1 saturated heterocycles. The molecule has 21 heavy (non-hydrogen) atoms. The number of carbonyl (C=O) groups is 1. The van der Waals surface area contributed by atoms with Gasteiger partial charge in [-0.2, -0.15) is 0 Å². The minimum atomic E-state index is -0.422. The second kappa shape index (κ2) is 7.53. The molecule has 0 spiro atoms. The highest BCUT2D eigenvalue weighted by atomic mass is 35.5. The quantitative estimate of drug-likeness (QED) is 0.803. The average Bonchev–Trinajstić information content (AvgIpc) is 2.51. The smallest absolute Gasteiger partial charge is 0.244 e. The number of morpholine rings is 1. The lowest BCUT2D eigenvalue weighted by atomic mass is 10.2. The second-order valence-electron chi connectivity index (χ2n) is 4.50. The van der Waals surface area contributed by atoms with Crippen LogP contribution in [0.2, 0.25) is 5.15 Å². The normalized spacial score (nSPS) is 18.6. The fourth-order valence-corrected chi connectivity index (χ4v) is 2.31. The van der Waals surface area contributed by atoms with Gasteiger partial charge < -0.3 is 19.7 Å². The number of carbonyl (C=O) groups excluding carboxylic acids is 1. The van der Waals surface area contributed by atoms with Crippen molar-refractivity contribution in [1.82, 2.24) is 15.3 Å². The maximum Gasteiger partial charge on any atom is 0.244 e. The topological polar surface area (TPSA) is 76.6 Å². The first kappa shape index (κ1) is 15.9. The molecule has 1 unspecified atom stereocenters. The van der Waals surface area contributed by atoms with E-state index >= 15 is 0 Å². The Balaban J connectivity index is 2.25. The third-order valence-electron chi connectivity index (χ3n) is 3.13. The van der Waals surface area contributed by atoms with Crippen LogP contribution in [0, 0.1) is 0 Å². The van der Waals surface area contributed by atoms with Crippen LogP contribution in [-0.2, 0) is 20.9 Å². The van der Waals surface area contributed by atoms with Crippen molar-refractivity contribution in [2.45, 2.75) is 19.6 Å². The van der Waals surface area contributed by atoms with Gasteiger partial charge in [-0.15, -0.1) is 0 Å². The molecule has 7 nitrogen and oxygen atoms in total.